The van der Waals surface area contributed by atoms with E-state index in [1.807, 2.05) is 0 Å². The SMILES string of the molecule is COc1ccc(S(=O)(=O)Nc2cc([N+](=O)[O-])ccc2[O-])cc1. The van der Waals surface area contributed by atoms with Crippen LogP contribution in [0.4, 0.5) is 11.4 Å². The zero-order valence-corrected chi connectivity index (χ0v) is 12.2. The molecular formula is C13H11N2O6S-. The predicted octanol–water partition coefficient (Wildman–Crippen LogP) is 1.48. The molecule has 0 atom stereocenters. The van der Waals surface area contributed by atoms with E-state index < -0.39 is 20.7 Å². The van der Waals surface area contributed by atoms with Crippen LogP contribution >= 0.6 is 0 Å². The topological polar surface area (TPSA) is 122 Å². The highest BCUT2D eigenvalue weighted by Crippen LogP contribution is 2.28. The Bertz CT molecular complexity index is 802. The van der Waals surface area contributed by atoms with Gasteiger partial charge in [0.05, 0.1) is 16.9 Å². The van der Waals surface area contributed by atoms with Gasteiger partial charge in [-0.25, -0.2) is 8.42 Å². The second kappa shape index (κ2) is 5.90. The molecule has 0 radical (unpaired) electrons. The average molecular weight is 323 g/mol. The lowest BCUT2D eigenvalue weighted by molar-refractivity contribution is -0.385. The maximum Gasteiger partial charge on any atom is 0.271 e. The van der Waals surface area contributed by atoms with E-state index in [0.29, 0.717) is 5.75 Å². The number of rotatable bonds is 5. The average Bonchev–Trinajstić information content (AvgIpc) is 2.49. The number of hydrogen-bond donors (Lipinski definition) is 1. The fourth-order valence-electron chi connectivity index (χ4n) is 1.67. The summed E-state index contributed by atoms with van der Waals surface area (Å²) in [5.74, 6) is -0.193. The molecule has 0 saturated heterocycles. The number of non-ortho nitro benzene ring substituents is 1. The van der Waals surface area contributed by atoms with E-state index >= 15 is 0 Å². The van der Waals surface area contributed by atoms with Gasteiger partial charge in [-0.15, -0.1) is 0 Å². The Kier molecular flexibility index (Phi) is 4.18. The molecular weight excluding hydrogens is 312 g/mol. The monoisotopic (exact) mass is 323 g/mol. The number of nitro groups is 1. The highest BCUT2D eigenvalue weighted by Gasteiger charge is 2.16. The van der Waals surface area contributed by atoms with Crippen molar-refractivity contribution >= 4 is 21.4 Å². The number of sulfonamides is 1. The molecule has 0 saturated carbocycles. The molecule has 0 amide bonds. The Morgan fingerprint density at radius 1 is 1.14 bits per heavy atom. The minimum atomic E-state index is -4.03. The lowest BCUT2D eigenvalue weighted by atomic mass is 10.2. The Labute approximate surface area is 126 Å². The summed E-state index contributed by atoms with van der Waals surface area (Å²) >= 11 is 0. The number of ether oxygens (including phenoxy) is 1. The smallest absolute Gasteiger partial charge is 0.271 e. The third-order valence-corrected chi connectivity index (χ3v) is 4.17. The van der Waals surface area contributed by atoms with Crippen molar-refractivity contribution < 1.29 is 23.2 Å². The second-order valence-electron chi connectivity index (χ2n) is 4.22. The lowest BCUT2D eigenvalue weighted by Gasteiger charge is -2.15. The van der Waals surface area contributed by atoms with Crippen molar-refractivity contribution in [1.29, 1.82) is 0 Å². The van der Waals surface area contributed by atoms with Gasteiger partial charge in [-0.05, 0) is 24.3 Å². The molecule has 2 aromatic carbocycles. The van der Waals surface area contributed by atoms with Crippen LogP contribution in [0.2, 0.25) is 0 Å². The first kappa shape index (κ1) is 15.6. The van der Waals surface area contributed by atoms with Crippen molar-refractivity contribution in [3.8, 4) is 11.5 Å². The van der Waals surface area contributed by atoms with E-state index in [1.54, 1.807) is 0 Å². The molecule has 1 N–H and O–H groups in total. The predicted molar refractivity (Wildman–Crippen MR) is 76.3 cm³/mol. The molecule has 0 fully saturated rings. The molecule has 2 aromatic rings. The van der Waals surface area contributed by atoms with Gasteiger partial charge in [-0.2, -0.15) is 0 Å². The fraction of sp³-hybridized carbons (Fsp3) is 0.0769. The van der Waals surface area contributed by atoms with E-state index in [9.17, 15) is 23.6 Å². The zero-order chi connectivity index (χ0) is 16.3. The molecule has 0 aromatic heterocycles. The van der Waals surface area contributed by atoms with Crippen LogP contribution in [0.5, 0.6) is 11.5 Å². The number of methoxy groups -OCH3 is 1. The van der Waals surface area contributed by atoms with E-state index in [0.717, 1.165) is 18.2 Å². The summed E-state index contributed by atoms with van der Waals surface area (Å²) in [5, 5.41) is 22.3. The van der Waals surface area contributed by atoms with Gasteiger partial charge in [0.25, 0.3) is 15.7 Å². The minimum Gasteiger partial charge on any atom is -0.871 e. The van der Waals surface area contributed by atoms with Crippen LogP contribution in [0.15, 0.2) is 47.4 Å². The number of nitrogens with one attached hydrogen (secondary N) is 1. The number of anilines is 1. The minimum absolute atomic E-state index is 0.0980. The van der Waals surface area contributed by atoms with Gasteiger partial charge < -0.3 is 9.84 Å². The Hall–Kier alpha value is -2.81. The first-order valence-electron chi connectivity index (χ1n) is 5.96. The van der Waals surface area contributed by atoms with Gasteiger partial charge in [-0.1, -0.05) is 11.8 Å². The highest BCUT2D eigenvalue weighted by molar-refractivity contribution is 7.92. The van der Waals surface area contributed by atoms with E-state index in [4.69, 9.17) is 4.74 Å². The quantitative estimate of drug-likeness (QED) is 0.657. The largest absolute Gasteiger partial charge is 0.871 e. The van der Waals surface area contributed by atoms with Crippen molar-refractivity contribution in [2.24, 2.45) is 0 Å². The molecule has 2 rings (SSSR count). The molecule has 0 spiro atoms. The van der Waals surface area contributed by atoms with Gasteiger partial charge in [0, 0.05) is 17.8 Å². The van der Waals surface area contributed by atoms with Crippen LogP contribution < -0.4 is 14.6 Å². The van der Waals surface area contributed by atoms with Crippen LogP contribution in [-0.2, 0) is 10.0 Å². The van der Waals surface area contributed by atoms with Crippen molar-refractivity contribution in [3.05, 3.63) is 52.6 Å². The molecule has 0 heterocycles. The standard InChI is InChI=1S/C13H12N2O6S/c1-21-10-3-5-11(6-4-10)22(19,20)14-12-8-9(15(17)18)2-7-13(12)16/h2-8,14,16H,1H3/p-1. The molecule has 22 heavy (non-hydrogen) atoms. The molecule has 0 aliphatic rings. The lowest BCUT2D eigenvalue weighted by Crippen LogP contribution is -2.14. The van der Waals surface area contributed by atoms with Crippen LogP contribution in [0.1, 0.15) is 0 Å². The Balaban J connectivity index is 2.35. The Morgan fingerprint density at radius 2 is 1.77 bits per heavy atom. The maximum absolute atomic E-state index is 12.2. The molecule has 116 valence electrons. The Morgan fingerprint density at radius 3 is 2.32 bits per heavy atom. The normalized spacial score (nSPS) is 11.0. The number of nitrogens with zero attached hydrogens (tertiary/aromatic N) is 1. The van der Waals surface area contributed by atoms with Crippen molar-refractivity contribution in [3.63, 3.8) is 0 Å². The van der Waals surface area contributed by atoms with Crippen molar-refractivity contribution in [2.75, 3.05) is 11.8 Å². The molecule has 9 heteroatoms. The summed E-state index contributed by atoms with van der Waals surface area (Å²) in [6, 6.07) is 8.30. The van der Waals surface area contributed by atoms with Gasteiger partial charge in [-0.3, -0.25) is 14.8 Å². The fourth-order valence-corrected chi connectivity index (χ4v) is 2.73. The molecule has 0 aliphatic heterocycles. The van der Waals surface area contributed by atoms with Gasteiger partial charge in [0.15, 0.2) is 0 Å². The third kappa shape index (κ3) is 3.26. The summed E-state index contributed by atoms with van der Waals surface area (Å²) in [6.45, 7) is 0. The molecule has 8 nitrogen and oxygen atoms in total. The number of nitro benzene ring substituents is 1. The summed E-state index contributed by atoms with van der Waals surface area (Å²) in [7, 11) is -2.59. The number of hydrogen-bond acceptors (Lipinski definition) is 6. The summed E-state index contributed by atoms with van der Waals surface area (Å²) in [5.41, 5.74) is -0.767. The van der Waals surface area contributed by atoms with Gasteiger partial charge in [0.2, 0.25) is 0 Å². The molecule has 0 bridgehead atoms. The summed E-state index contributed by atoms with van der Waals surface area (Å²) in [6.07, 6.45) is 0. The summed E-state index contributed by atoms with van der Waals surface area (Å²) < 4.78 is 31.3. The van der Waals surface area contributed by atoms with Gasteiger partial charge in [0.1, 0.15) is 5.75 Å². The van der Waals surface area contributed by atoms with E-state index in [2.05, 4.69) is 4.72 Å². The van der Waals surface area contributed by atoms with Crippen molar-refractivity contribution in [1.82, 2.24) is 0 Å². The van der Waals surface area contributed by atoms with Crippen LogP contribution in [0.25, 0.3) is 0 Å². The zero-order valence-electron chi connectivity index (χ0n) is 11.3. The first-order chi connectivity index (χ1) is 10.3. The van der Waals surface area contributed by atoms with Gasteiger partial charge >= 0.3 is 0 Å². The molecule has 0 unspecified atom stereocenters. The molecule has 0 aliphatic carbocycles. The van der Waals surface area contributed by atoms with Crippen LogP contribution in [0, 0.1) is 10.1 Å². The van der Waals surface area contributed by atoms with Crippen molar-refractivity contribution in [2.45, 2.75) is 4.90 Å². The second-order valence-corrected chi connectivity index (χ2v) is 5.90. The van der Waals surface area contributed by atoms with E-state index in [-0.39, 0.29) is 16.3 Å². The van der Waals surface area contributed by atoms with Crippen LogP contribution in [0.3, 0.4) is 0 Å². The first-order valence-corrected chi connectivity index (χ1v) is 7.44. The van der Waals surface area contributed by atoms with Crippen LogP contribution in [-0.4, -0.2) is 20.5 Å². The summed E-state index contributed by atoms with van der Waals surface area (Å²) in [4.78, 5) is 9.87. The number of benzene rings is 2. The maximum atomic E-state index is 12.2. The highest BCUT2D eigenvalue weighted by atomic mass is 32.2. The van der Waals surface area contributed by atoms with E-state index in [1.165, 1.54) is 31.4 Å². The third-order valence-electron chi connectivity index (χ3n) is 2.79.